The van der Waals surface area contributed by atoms with E-state index in [4.69, 9.17) is 23.2 Å². The maximum atomic E-state index is 13.1. The van der Waals surface area contributed by atoms with Gasteiger partial charge in [-0.1, -0.05) is 29.3 Å². The fourth-order valence-electron chi connectivity index (χ4n) is 1.84. The van der Waals surface area contributed by atoms with Crippen LogP contribution in [0.5, 0.6) is 0 Å². The summed E-state index contributed by atoms with van der Waals surface area (Å²) in [5.74, 6) is -0.499. The lowest BCUT2D eigenvalue weighted by Crippen LogP contribution is -2.07. The van der Waals surface area contributed by atoms with E-state index in [9.17, 15) is 14.5 Å². The van der Waals surface area contributed by atoms with E-state index >= 15 is 0 Å². The second kappa shape index (κ2) is 6.28. The van der Waals surface area contributed by atoms with Crippen molar-refractivity contribution in [3.63, 3.8) is 0 Å². The second-order valence-corrected chi connectivity index (χ2v) is 5.28. The predicted octanol–water partition coefficient (Wildman–Crippen LogP) is 5.21. The first kappa shape index (κ1) is 15.5. The molecule has 2 aromatic carbocycles. The Balaban J connectivity index is 2.26. The summed E-state index contributed by atoms with van der Waals surface area (Å²) in [6.07, 6.45) is 0. The summed E-state index contributed by atoms with van der Waals surface area (Å²) in [6.45, 7) is 1.82. The Morgan fingerprint density at radius 2 is 1.90 bits per heavy atom. The number of halogens is 3. The van der Waals surface area contributed by atoms with E-state index in [1.165, 1.54) is 30.3 Å². The van der Waals surface area contributed by atoms with Crippen molar-refractivity contribution in [3.05, 3.63) is 67.9 Å². The zero-order valence-electron chi connectivity index (χ0n) is 10.9. The molecule has 1 atom stereocenters. The number of anilines is 1. The third-order valence-electron chi connectivity index (χ3n) is 2.98. The van der Waals surface area contributed by atoms with Crippen LogP contribution in [0.15, 0.2) is 36.4 Å². The third kappa shape index (κ3) is 3.62. The number of rotatable bonds is 4. The van der Waals surface area contributed by atoms with Crippen molar-refractivity contribution in [3.8, 4) is 0 Å². The molecule has 7 heteroatoms. The Bertz CT molecular complexity index is 695. The first-order chi connectivity index (χ1) is 9.88. The van der Waals surface area contributed by atoms with E-state index < -0.39 is 10.7 Å². The summed E-state index contributed by atoms with van der Waals surface area (Å²) in [4.78, 5) is 10.3. The highest BCUT2D eigenvalue weighted by Gasteiger charge is 2.13. The molecule has 21 heavy (non-hydrogen) atoms. The Labute approximate surface area is 130 Å². The van der Waals surface area contributed by atoms with Gasteiger partial charge in [-0.2, -0.15) is 0 Å². The van der Waals surface area contributed by atoms with Crippen LogP contribution in [0.2, 0.25) is 10.0 Å². The number of nitro groups is 1. The van der Waals surface area contributed by atoms with E-state index in [1.54, 1.807) is 6.07 Å². The number of non-ortho nitro benzene ring substituents is 1. The van der Waals surface area contributed by atoms with E-state index in [-0.39, 0.29) is 16.8 Å². The molecular weight excluding hydrogens is 318 g/mol. The van der Waals surface area contributed by atoms with Crippen LogP contribution in [0, 0.1) is 15.9 Å². The standard InChI is InChI=1S/C14H11Cl2FN2O2/c1-8(9-2-5-13(17)12(16)6-9)18-14-7-10(19(20)21)3-4-11(14)15/h2-8,18H,1H3. The van der Waals surface area contributed by atoms with Crippen LogP contribution >= 0.6 is 23.2 Å². The van der Waals surface area contributed by atoms with Gasteiger partial charge in [-0.25, -0.2) is 4.39 Å². The SMILES string of the molecule is CC(Nc1cc([N+](=O)[O-])ccc1Cl)c1ccc(F)c(Cl)c1. The second-order valence-electron chi connectivity index (χ2n) is 4.46. The van der Waals surface area contributed by atoms with Gasteiger partial charge in [0.05, 0.1) is 20.7 Å². The van der Waals surface area contributed by atoms with Gasteiger partial charge in [0, 0.05) is 18.2 Å². The van der Waals surface area contributed by atoms with Crippen molar-refractivity contribution in [2.24, 2.45) is 0 Å². The van der Waals surface area contributed by atoms with Crippen molar-refractivity contribution in [2.75, 3.05) is 5.32 Å². The first-order valence-corrected chi connectivity index (χ1v) is 6.79. The van der Waals surface area contributed by atoms with Gasteiger partial charge in [0.25, 0.3) is 5.69 Å². The van der Waals surface area contributed by atoms with Crippen LogP contribution in [-0.4, -0.2) is 4.92 Å². The third-order valence-corrected chi connectivity index (χ3v) is 3.60. The lowest BCUT2D eigenvalue weighted by molar-refractivity contribution is -0.384. The Morgan fingerprint density at radius 1 is 1.19 bits per heavy atom. The van der Waals surface area contributed by atoms with Gasteiger partial charge >= 0.3 is 0 Å². The number of hydrogen-bond acceptors (Lipinski definition) is 3. The number of nitro benzene ring substituents is 1. The van der Waals surface area contributed by atoms with Gasteiger partial charge in [-0.3, -0.25) is 10.1 Å². The molecule has 0 fully saturated rings. The molecule has 2 rings (SSSR count). The Morgan fingerprint density at radius 3 is 2.52 bits per heavy atom. The molecule has 4 nitrogen and oxygen atoms in total. The van der Waals surface area contributed by atoms with Crippen molar-refractivity contribution >= 4 is 34.6 Å². The maximum absolute atomic E-state index is 13.1. The van der Waals surface area contributed by atoms with Gasteiger partial charge in [-0.05, 0) is 30.7 Å². The van der Waals surface area contributed by atoms with Crippen molar-refractivity contribution in [1.29, 1.82) is 0 Å². The van der Waals surface area contributed by atoms with Crippen molar-refractivity contribution in [1.82, 2.24) is 0 Å². The monoisotopic (exact) mass is 328 g/mol. The molecule has 0 amide bonds. The van der Waals surface area contributed by atoms with Crippen molar-refractivity contribution < 1.29 is 9.31 Å². The highest BCUT2D eigenvalue weighted by atomic mass is 35.5. The minimum absolute atomic E-state index is 0.0197. The Kier molecular flexibility index (Phi) is 4.65. The molecule has 1 unspecified atom stereocenters. The van der Waals surface area contributed by atoms with Crippen LogP contribution in [0.1, 0.15) is 18.5 Å². The smallest absolute Gasteiger partial charge is 0.271 e. The van der Waals surface area contributed by atoms with Crippen LogP contribution in [0.25, 0.3) is 0 Å². The number of benzene rings is 2. The number of nitrogens with one attached hydrogen (secondary N) is 1. The minimum atomic E-state index is -0.499. The molecule has 0 saturated carbocycles. The van der Waals surface area contributed by atoms with E-state index in [0.717, 1.165) is 5.56 Å². The molecule has 0 aliphatic heterocycles. The van der Waals surface area contributed by atoms with Crippen molar-refractivity contribution in [2.45, 2.75) is 13.0 Å². The number of hydrogen-bond donors (Lipinski definition) is 1. The molecule has 0 radical (unpaired) electrons. The lowest BCUT2D eigenvalue weighted by atomic mass is 10.1. The molecule has 0 aromatic heterocycles. The average molecular weight is 329 g/mol. The quantitative estimate of drug-likeness (QED) is 0.618. The molecule has 0 aliphatic rings. The van der Waals surface area contributed by atoms with Crippen LogP contribution < -0.4 is 5.32 Å². The van der Waals surface area contributed by atoms with Gasteiger partial charge in [0.2, 0.25) is 0 Å². The molecule has 0 aliphatic carbocycles. The highest BCUT2D eigenvalue weighted by molar-refractivity contribution is 6.33. The largest absolute Gasteiger partial charge is 0.377 e. The van der Waals surface area contributed by atoms with E-state index in [1.807, 2.05) is 6.92 Å². The Hall–Kier alpha value is -1.85. The minimum Gasteiger partial charge on any atom is -0.377 e. The zero-order chi connectivity index (χ0) is 15.6. The van der Waals surface area contributed by atoms with E-state index in [0.29, 0.717) is 10.7 Å². The fraction of sp³-hybridized carbons (Fsp3) is 0.143. The molecule has 1 N–H and O–H groups in total. The van der Waals surface area contributed by atoms with Gasteiger partial charge in [-0.15, -0.1) is 0 Å². The molecular formula is C14H11Cl2FN2O2. The normalized spacial score (nSPS) is 12.0. The van der Waals surface area contributed by atoms with Gasteiger partial charge in [0.1, 0.15) is 5.82 Å². The zero-order valence-corrected chi connectivity index (χ0v) is 12.5. The first-order valence-electron chi connectivity index (χ1n) is 6.04. The van der Waals surface area contributed by atoms with Crippen LogP contribution in [0.3, 0.4) is 0 Å². The summed E-state index contributed by atoms with van der Waals surface area (Å²) in [5.41, 5.74) is 1.11. The van der Waals surface area contributed by atoms with Gasteiger partial charge < -0.3 is 5.32 Å². The molecule has 0 heterocycles. The lowest BCUT2D eigenvalue weighted by Gasteiger charge is -2.17. The fourth-order valence-corrected chi connectivity index (χ4v) is 2.20. The van der Waals surface area contributed by atoms with Crippen LogP contribution in [0.4, 0.5) is 15.8 Å². The molecule has 0 bridgehead atoms. The summed E-state index contributed by atoms with van der Waals surface area (Å²) >= 11 is 11.8. The van der Waals surface area contributed by atoms with Gasteiger partial charge in [0.15, 0.2) is 0 Å². The maximum Gasteiger partial charge on any atom is 0.271 e. The summed E-state index contributed by atoms with van der Waals surface area (Å²) in [5, 5.41) is 14.2. The predicted molar refractivity (Wildman–Crippen MR) is 81.6 cm³/mol. The summed E-state index contributed by atoms with van der Waals surface area (Å²) in [6, 6.07) is 8.24. The summed E-state index contributed by atoms with van der Waals surface area (Å²) < 4.78 is 13.1. The summed E-state index contributed by atoms with van der Waals surface area (Å²) in [7, 11) is 0. The van der Waals surface area contributed by atoms with E-state index in [2.05, 4.69) is 5.32 Å². The average Bonchev–Trinajstić information content (AvgIpc) is 2.43. The number of nitrogens with zero attached hydrogens (tertiary/aromatic N) is 1. The molecule has 0 saturated heterocycles. The highest BCUT2D eigenvalue weighted by Crippen LogP contribution is 2.30. The topological polar surface area (TPSA) is 55.2 Å². The molecule has 2 aromatic rings. The van der Waals surface area contributed by atoms with Crippen LogP contribution in [-0.2, 0) is 0 Å². The molecule has 0 spiro atoms. The molecule has 110 valence electrons.